The topological polar surface area (TPSA) is 46.2 Å². The van der Waals surface area contributed by atoms with Crippen LogP contribution in [-0.2, 0) is 16.6 Å². The predicted octanol–water partition coefficient (Wildman–Crippen LogP) is 2.87. The van der Waals surface area contributed by atoms with Crippen molar-refractivity contribution in [3.8, 4) is 0 Å². The number of hydrogen-bond acceptors (Lipinski definition) is 3. The molecule has 3 nitrogen and oxygen atoms in total. The van der Waals surface area contributed by atoms with E-state index in [0.29, 0.717) is 6.54 Å². The molecule has 0 bridgehead atoms. The molecule has 1 heterocycles. The van der Waals surface area contributed by atoms with E-state index in [1.54, 1.807) is 11.3 Å². The van der Waals surface area contributed by atoms with E-state index in [1.165, 1.54) is 0 Å². The van der Waals surface area contributed by atoms with Gasteiger partial charge in [-0.3, -0.25) is 0 Å². The first-order valence-electron chi connectivity index (χ1n) is 5.30. The van der Waals surface area contributed by atoms with E-state index in [9.17, 15) is 8.42 Å². The number of rotatable bonds is 4. The van der Waals surface area contributed by atoms with E-state index in [-0.39, 0.29) is 5.25 Å². The van der Waals surface area contributed by atoms with E-state index < -0.39 is 10.0 Å². The summed E-state index contributed by atoms with van der Waals surface area (Å²) in [5.41, 5.74) is 0. The Bertz CT molecular complexity index is 449. The van der Waals surface area contributed by atoms with Crippen molar-refractivity contribution < 1.29 is 8.42 Å². The van der Waals surface area contributed by atoms with Crippen LogP contribution in [0.4, 0.5) is 0 Å². The first-order chi connectivity index (χ1) is 7.58. The Kier molecular flexibility index (Phi) is 4.05. The van der Waals surface area contributed by atoms with Gasteiger partial charge in [0.25, 0.3) is 0 Å². The molecular formula is C10H14BrNO2S2. The van der Waals surface area contributed by atoms with Gasteiger partial charge in [0.15, 0.2) is 0 Å². The molecule has 1 aromatic rings. The lowest BCUT2D eigenvalue weighted by atomic mass is 10.4. The van der Waals surface area contributed by atoms with Crippen molar-refractivity contribution in [2.75, 3.05) is 0 Å². The molecule has 0 saturated heterocycles. The Morgan fingerprint density at radius 3 is 2.62 bits per heavy atom. The molecular weight excluding hydrogens is 310 g/mol. The maximum atomic E-state index is 11.9. The fourth-order valence-corrected chi connectivity index (χ4v) is 5.00. The van der Waals surface area contributed by atoms with Gasteiger partial charge in [0.1, 0.15) is 0 Å². The predicted molar refractivity (Wildman–Crippen MR) is 70.0 cm³/mol. The number of nitrogens with one attached hydrogen (secondary N) is 1. The fourth-order valence-electron chi connectivity index (χ4n) is 1.93. The monoisotopic (exact) mass is 323 g/mol. The van der Waals surface area contributed by atoms with Crippen LogP contribution in [0.3, 0.4) is 0 Å². The summed E-state index contributed by atoms with van der Waals surface area (Å²) >= 11 is 4.92. The molecule has 6 heteroatoms. The summed E-state index contributed by atoms with van der Waals surface area (Å²) in [6, 6.07) is 3.87. The van der Waals surface area contributed by atoms with Crippen LogP contribution in [0.2, 0.25) is 0 Å². The van der Waals surface area contributed by atoms with Crippen molar-refractivity contribution in [3.05, 3.63) is 20.8 Å². The molecule has 0 atom stereocenters. The maximum absolute atomic E-state index is 11.9. The standard InChI is InChI=1S/C10H14BrNO2S2/c11-10-6-5-8(15-10)7-12-16(13,14)9-3-1-2-4-9/h5-6,9,12H,1-4,7H2. The molecule has 0 aliphatic heterocycles. The molecule has 1 N–H and O–H groups in total. The molecule has 0 radical (unpaired) electrons. The molecule has 1 saturated carbocycles. The number of halogens is 1. The van der Waals surface area contributed by atoms with Gasteiger partial charge in [0.2, 0.25) is 10.0 Å². The van der Waals surface area contributed by atoms with E-state index >= 15 is 0 Å². The van der Waals surface area contributed by atoms with Gasteiger partial charge in [-0.2, -0.15) is 0 Å². The molecule has 2 rings (SSSR count). The first-order valence-corrected chi connectivity index (χ1v) is 8.46. The van der Waals surface area contributed by atoms with Crippen LogP contribution in [0.25, 0.3) is 0 Å². The van der Waals surface area contributed by atoms with Crippen molar-refractivity contribution in [1.29, 1.82) is 0 Å². The van der Waals surface area contributed by atoms with Crippen molar-refractivity contribution in [2.24, 2.45) is 0 Å². The summed E-state index contributed by atoms with van der Waals surface area (Å²) in [4.78, 5) is 1.04. The zero-order chi connectivity index (χ0) is 11.6. The van der Waals surface area contributed by atoms with Crippen LogP contribution in [-0.4, -0.2) is 13.7 Å². The molecule has 0 amide bonds. The molecule has 90 valence electrons. The Morgan fingerprint density at radius 1 is 1.38 bits per heavy atom. The minimum Gasteiger partial charge on any atom is -0.212 e. The Morgan fingerprint density at radius 2 is 2.06 bits per heavy atom. The van der Waals surface area contributed by atoms with Crippen LogP contribution in [0, 0.1) is 0 Å². The lowest BCUT2D eigenvalue weighted by molar-refractivity contribution is 0.565. The Hall–Kier alpha value is 0.0900. The van der Waals surface area contributed by atoms with Crippen LogP contribution in [0.5, 0.6) is 0 Å². The lowest BCUT2D eigenvalue weighted by Crippen LogP contribution is -2.31. The van der Waals surface area contributed by atoms with Gasteiger partial charge < -0.3 is 0 Å². The highest BCUT2D eigenvalue weighted by Gasteiger charge is 2.28. The highest BCUT2D eigenvalue weighted by Crippen LogP contribution is 2.25. The Labute approximate surface area is 108 Å². The first kappa shape index (κ1) is 12.5. The van der Waals surface area contributed by atoms with E-state index in [0.717, 1.165) is 34.3 Å². The fraction of sp³-hybridized carbons (Fsp3) is 0.600. The molecule has 0 aromatic carbocycles. The van der Waals surface area contributed by atoms with Crippen molar-refractivity contribution in [2.45, 2.75) is 37.5 Å². The van der Waals surface area contributed by atoms with Gasteiger partial charge in [0.05, 0.1) is 9.04 Å². The summed E-state index contributed by atoms with van der Waals surface area (Å²) in [5, 5.41) is -0.170. The minimum absolute atomic E-state index is 0.170. The third kappa shape index (κ3) is 3.06. The molecule has 0 spiro atoms. The minimum atomic E-state index is -3.11. The summed E-state index contributed by atoms with van der Waals surface area (Å²) in [5.74, 6) is 0. The van der Waals surface area contributed by atoms with E-state index in [1.807, 2.05) is 12.1 Å². The Balaban J connectivity index is 1.94. The van der Waals surface area contributed by atoms with Crippen LogP contribution in [0.1, 0.15) is 30.6 Å². The smallest absolute Gasteiger partial charge is 0.212 e. The summed E-state index contributed by atoms with van der Waals surface area (Å²) in [7, 11) is -3.11. The molecule has 1 aliphatic rings. The average molecular weight is 324 g/mol. The SMILES string of the molecule is O=S(=O)(NCc1ccc(Br)s1)C1CCCC1. The second-order valence-electron chi connectivity index (χ2n) is 3.98. The second kappa shape index (κ2) is 5.16. The third-order valence-electron chi connectivity index (χ3n) is 2.82. The van der Waals surface area contributed by atoms with Gasteiger partial charge in [-0.15, -0.1) is 11.3 Å². The summed E-state index contributed by atoms with van der Waals surface area (Å²) in [6.07, 6.45) is 3.69. The normalized spacial score (nSPS) is 18.1. The zero-order valence-electron chi connectivity index (χ0n) is 8.78. The molecule has 1 aliphatic carbocycles. The van der Waals surface area contributed by atoms with E-state index in [4.69, 9.17) is 0 Å². The van der Waals surface area contributed by atoms with Crippen LogP contribution < -0.4 is 4.72 Å². The van der Waals surface area contributed by atoms with Gasteiger partial charge in [-0.1, -0.05) is 12.8 Å². The van der Waals surface area contributed by atoms with Crippen molar-refractivity contribution >= 4 is 37.3 Å². The highest BCUT2D eigenvalue weighted by molar-refractivity contribution is 9.11. The second-order valence-corrected chi connectivity index (χ2v) is 8.57. The molecule has 1 fully saturated rings. The zero-order valence-corrected chi connectivity index (χ0v) is 12.0. The lowest BCUT2D eigenvalue weighted by Gasteiger charge is -2.11. The third-order valence-corrected chi connectivity index (χ3v) is 6.34. The van der Waals surface area contributed by atoms with E-state index in [2.05, 4.69) is 20.7 Å². The van der Waals surface area contributed by atoms with Gasteiger partial charge >= 0.3 is 0 Å². The summed E-state index contributed by atoms with van der Waals surface area (Å²) in [6.45, 7) is 0.412. The maximum Gasteiger partial charge on any atom is 0.214 e. The number of thiophene rings is 1. The van der Waals surface area contributed by atoms with Crippen molar-refractivity contribution in [3.63, 3.8) is 0 Å². The average Bonchev–Trinajstić information content (AvgIpc) is 2.85. The molecule has 0 unspecified atom stereocenters. The highest BCUT2D eigenvalue weighted by atomic mass is 79.9. The molecule has 16 heavy (non-hydrogen) atoms. The quantitative estimate of drug-likeness (QED) is 0.926. The largest absolute Gasteiger partial charge is 0.214 e. The molecule has 1 aromatic heterocycles. The number of sulfonamides is 1. The van der Waals surface area contributed by atoms with Crippen LogP contribution >= 0.6 is 27.3 Å². The van der Waals surface area contributed by atoms with Gasteiger partial charge in [-0.25, -0.2) is 13.1 Å². The van der Waals surface area contributed by atoms with Crippen LogP contribution in [0.15, 0.2) is 15.9 Å². The van der Waals surface area contributed by atoms with Crippen molar-refractivity contribution in [1.82, 2.24) is 4.72 Å². The summed E-state index contributed by atoms with van der Waals surface area (Å²) < 4.78 is 27.5. The number of hydrogen-bond donors (Lipinski definition) is 1. The van der Waals surface area contributed by atoms with Gasteiger partial charge in [0, 0.05) is 11.4 Å². The van der Waals surface area contributed by atoms with Gasteiger partial charge in [-0.05, 0) is 40.9 Å².